The molecule has 1 aliphatic carbocycles. The van der Waals surface area contributed by atoms with Gasteiger partial charge in [-0.15, -0.1) is 0 Å². The van der Waals surface area contributed by atoms with Crippen molar-refractivity contribution < 1.29 is 14.3 Å². The summed E-state index contributed by atoms with van der Waals surface area (Å²) in [5, 5.41) is 4.14. The van der Waals surface area contributed by atoms with E-state index in [9.17, 15) is 9.59 Å². The van der Waals surface area contributed by atoms with Gasteiger partial charge in [0.25, 0.3) is 5.91 Å². The summed E-state index contributed by atoms with van der Waals surface area (Å²) in [4.78, 5) is 31.5. The second-order valence-corrected chi connectivity index (χ2v) is 12.2. The van der Waals surface area contributed by atoms with Crippen LogP contribution in [-0.4, -0.2) is 72.6 Å². The number of ether oxygens (including phenoxy) is 1. The molecule has 192 valence electrons. The molecule has 7 heteroatoms. The third-order valence-electron chi connectivity index (χ3n) is 8.86. The Morgan fingerprint density at radius 1 is 1.06 bits per heavy atom. The van der Waals surface area contributed by atoms with Crippen molar-refractivity contribution in [2.24, 2.45) is 11.3 Å². The molecule has 4 aliphatic rings. The van der Waals surface area contributed by atoms with E-state index in [4.69, 9.17) is 16.3 Å². The fourth-order valence-electron chi connectivity index (χ4n) is 6.66. The van der Waals surface area contributed by atoms with Gasteiger partial charge in [-0.2, -0.15) is 0 Å². The molecule has 0 radical (unpaired) electrons. The molecule has 6 nitrogen and oxygen atoms in total. The summed E-state index contributed by atoms with van der Waals surface area (Å²) in [6.45, 7) is 8.20. The maximum Gasteiger partial charge on any atom is 0.252 e. The summed E-state index contributed by atoms with van der Waals surface area (Å²) in [6, 6.07) is 8.24. The highest BCUT2D eigenvalue weighted by molar-refractivity contribution is 6.30. The van der Waals surface area contributed by atoms with Gasteiger partial charge in [0.15, 0.2) is 0 Å². The average Bonchev–Trinajstić information content (AvgIpc) is 3.62. The molecule has 0 bridgehead atoms. The second-order valence-electron chi connectivity index (χ2n) is 11.8. The zero-order valence-corrected chi connectivity index (χ0v) is 21.9. The molecule has 1 aromatic rings. The Balaban J connectivity index is 1.29. The molecular weight excluding hydrogens is 462 g/mol. The van der Waals surface area contributed by atoms with Crippen LogP contribution in [0.1, 0.15) is 70.3 Å². The first-order valence-electron chi connectivity index (χ1n) is 13.5. The molecular formula is C28H40ClN3O3. The zero-order chi connectivity index (χ0) is 24.6. The number of carbonyl (C=O) groups is 2. The summed E-state index contributed by atoms with van der Waals surface area (Å²) in [7, 11) is 0. The van der Waals surface area contributed by atoms with Crippen LogP contribution in [0.2, 0.25) is 5.02 Å². The van der Waals surface area contributed by atoms with E-state index in [-0.39, 0.29) is 41.8 Å². The van der Waals surface area contributed by atoms with Crippen LogP contribution in [0.15, 0.2) is 24.3 Å². The van der Waals surface area contributed by atoms with Crippen molar-refractivity contribution in [3.8, 4) is 0 Å². The minimum atomic E-state index is -0.303. The number of nitrogens with one attached hydrogen (secondary N) is 1. The molecule has 1 unspecified atom stereocenters. The van der Waals surface area contributed by atoms with Crippen LogP contribution in [-0.2, 0) is 14.3 Å². The van der Waals surface area contributed by atoms with E-state index < -0.39 is 0 Å². The van der Waals surface area contributed by atoms with Gasteiger partial charge in [-0.25, -0.2) is 0 Å². The first-order chi connectivity index (χ1) is 16.8. The molecule has 3 aliphatic heterocycles. The van der Waals surface area contributed by atoms with E-state index >= 15 is 0 Å². The molecule has 0 spiro atoms. The molecule has 1 N–H and O–H groups in total. The number of amides is 2. The first kappa shape index (κ1) is 25.0. The van der Waals surface area contributed by atoms with Gasteiger partial charge in [-0.1, -0.05) is 37.6 Å². The van der Waals surface area contributed by atoms with Gasteiger partial charge >= 0.3 is 0 Å². The third kappa shape index (κ3) is 5.40. The number of likely N-dealkylation sites (tertiary alicyclic amines) is 1. The molecule has 1 saturated carbocycles. The van der Waals surface area contributed by atoms with E-state index in [0.29, 0.717) is 30.1 Å². The maximum absolute atomic E-state index is 13.7. The highest BCUT2D eigenvalue weighted by atomic mass is 35.5. The van der Waals surface area contributed by atoms with Crippen LogP contribution in [0.4, 0.5) is 0 Å². The molecule has 4 fully saturated rings. The maximum atomic E-state index is 13.7. The number of rotatable bonds is 5. The first-order valence-corrected chi connectivity index (χ1v) is 13.9. The largest absolute Gasteiger partial charge is 0.368 e. The quantitative estimate of drug-likeness (QED) is 0.656. The van der Waals surface area contributed by atoms with Crippen molar-refractivity contribution in [1.29, 1.82) is 0 Å². The Bertz CT molecular complexity index is 905. The van der Waals surface area contributed by atoms with Gasteiger partial charge in [-0.3, -0.25) is 9.59 Å². The SMILES string of the molecule is CC1(C)CCC(N(C(=O)C2CCCO2)[C@H]2CCN(C(=O)[C@@H]3CNC[C@H]3c3ccc(Cl)cc3)C2)CC1. The van der Waals surface area contributed by atoms with Gasteiger partial charge in [-0.05, 0) is 68.1 Å². The van der Waals surface area contributed by atoms with Crippen molar-refractivity contribution in [3.05, 3.63) is 34.9 Å². The van der Waals surface area contributed by atoms with Gasteiger partial charge in [0.05, 0.1) is 12.0 Å². The highest BCUT2D eigenvalue weighted by Gasteiger charge is 2.44. The number of carbonyl (C=O) groups excluding carboxylic acids is 2. The normalized spacial score (nSPS) is 31.1. The van der Waals surface area contributed by atoms with Crippen LogP contribution in [0.25, 0.3) is 0 Å². The summed E-state index contributed by atoms with van der Waals surface area (Å²) in [5.41, 5.74) is 1.51. The van der Waals surface area contributed by atoms with Gasteiger partial charge in [0, 0.05) is 49.8 Å². The van der Waals surface area contributed by atoms with Crippen molar-refractivity contribution in [2.45, 2.75) is 82.9 Å². The molecule has 3 heterocycles. The lowest BCUT2D eigenvalue weighted by molar-refractivity contribution is -0.148. The van der Waals surface area contributed by atoms with Crippen molar-refractivity contribution in [1.82, 2.24) is 15.1 Å². The van der Waals surface area contributed by atoms with Crippen LogP contribution in [0.5, 0.6) is 0 Å². The fourth-order valence-corrected chi connectivity index (χ4v) is 6.79. The Morgan fingerprint density at radius 2 is 1.80 bits per heavy atom. The lowest BCUT2D eigenvalue weighted by atomic mass is 9.75. The molecule has 4 atom stereocenters. The molecule has 1 aromatic carbocycles. The smallest absolute Gasteiger partial charge is 0.252 e. The van der Waals surface area contributed by atoms with Crippen LogP contribution in [0, 0.1) is 11.3 Å². The van der Waals surface area contributed by atoms with Gasteiger partial charge in [0.1, 0.15) is 6.10 Å². The van der Waals surface area contributed by atoms with E-state index in [1.165, 1.54) is 0 Å². The molecule has 35 heavy (non-hydrogen) atoms. The second kappa shape index (κ2) is 10.4. The minimum Gasteiger partial charge on any atom is -0.368 e. The number of benzene rings is 1. The van der Waals surface area contributed by atoms with Crippen molar-refractivity contribution >= 4 is 23.4 Å². The van der Waals surface area contributed by atoms with E-state index in [0.717, 1.165) is 63.6 Å². The zero-order valence-electron chi connectivity index (χ0n) is 21.2. The molecule has 2 amide bonds. The van der Waals surface area contributed by atoms with Crippen LogP contribution >= 0.6 is 11.6 Å². The van der Waals surface area contributed by atoms with Crippen LogP contribution in [0.3, 0.4) is 0 Å². The Kier molecular flexibility index (Phi) is 7.43. The summed E-state index contributed by atoms with van der Waals surface area (Å²) in [5.74, 6) is 0.455. The number of halogens is 1. The average molecular weight is 502 g/mol. The molecule has 3 saturated heterocycles. The van der Waals surface area contributed by atoms with Crippen molar-refractivity contribution in [3.63, 3.8) is 0 Å². The standard InChI is InChI=1S/C28H40ClN3O3/c1-28(2)12-9-21(10-13-28)32(27(34)25-4-3-15-35-25)22-11-14-31(18-22)26(33)24-17-30-16-23(24)19-5-7-20(29)8-6-19/h5-8,21-25,30H,3-4,9-18H2,1-2H3/t22-,23-,24+,25?/m0/s1. The molecule has 0 aromatic heterocycles. The fraction of sp³-hybridized carbons (Fsp3) is 0.714. The summed E-state index contributed by atoms with van der Waals surface area (Å²) < 4.78 is 5.82. The van der Waals surface area contributed by atoms with E-state index in [1.54, 1.807) is 0 Å². The Hall–Kier alpha value is -1.63. The Labute approximate surface area is 214 Å². The highest BCUT2D eigenvalue weighted by Crippen LogP contribution is 2.39. The predicted octanol–water partition coefficient (Wildman–Crippen LogP) is 4.22. The monoisotopic (exact) mass is 501 g/mol. The Morgan fingerprint density at radius 3 is 2.49 bits per heavy atom. The van der Waals surface area contributed by atoms with Gasteiger partial charge < -0.3 is 19.9 Å². The summed E-state index contributed by atoms with van der Waals surface area (Å²) in [6.07, 6.45) is 6.69. The topological polar surface area (TPSA) is 61.9 Å². The molecule has 5 rings (SSSR count). The van der Waals surface area contributed by atoms with Crippen LogP contribution < -0.4 is 5.32 Å². The van der Waals surface area contributed by atoms with E-state index in [2.05, 4.69) is 24.1 Å². The summed E-state index contributed by atoms with van der Waals surface area (Å²) >= 11 is 6.09. The lowest BCUT2D eigenvalue weighted by Gasteiger charge is -2.43. The third-order valence-corrected chi connectivity index (χ3v) is 9.11. The minimum absolute atomic E-state index is 0.0762. The number of hydrogen-bond donors (Lipinski definition) is 1. The predicted molar refractivity (Wildman–Crippen MR) is 137 cm³/mol. The van der Waals surface area contributed by atoms with Gasteiger partial charge in [0.2, 0.25) is 5.91 Å². The number of hydrogen-bond acceptors (Lipinski definition) is 4. The number of nitrogens with zero attached hydrogens (tertiary/aromatic N) is 2. The van der Waals surface area contributed by atoms with Crippen molar-refractivity contribution in [2.75, 3.05) is 32.8 Å². The van der Waals surface area contributed by atoms with E-state index in [1.807, 2.05) is 29.2 Å². The lowest BCUT2D eigenvalue weighted by Crippen LogP contribution is -2.53.